The minimum absolute atomic E-state index is 0.490. The van der Waals surface area contributed by atoms with Gasteiger partial charge in [0.2, 0.25) is 0 Å². The largest absolute Gasteiger partial charge is 0.497 e. The van der Waals surface area contributed by atoms with Gasteiger partial charge in [0.25, 0.3) is 0 Å². The SMILES string of the molecule is CCCCCCn1nnc2c1-c1cc(OC)ccc1OC2. The van der Waals surface area contributed by atoms with Gasteiger partial charge in [-0.15, -0.1) is 5.10 Å². The molecule has 0 amide bonds. The van der Waals surface area contributed by atoms with E-state index in [0.29, 0.717) is 6.61 Å². The van der Waals surface area contributed by atoms with Gasteiger partial charge >= 0.3 is 0 Å². The maximum Gasteiger partial charge on any atom is 0.134 e. The Morgan fingerprint density at radius 1 is 1.29 bits per heavy atom. The summed E-state index contributed by atoms with van der Waals surface area (Å²) in [5.74, 6) is 1.70. The molecule has 0 saturated heterocycles. The minimum Gasteiger partial charge on any atom is -0.497 e. The van der Waals surface area contributed by atoms with E-state index in [9.17, 15) is 0 Å². The fourth-order valence-electron chi connectivity index (χ4n) is 2.68. The summed E-state index contributed by atoms with van der Waals surface area (Å²) in [6, 6.07) is 5.87. The fourth-order valence-corrected chi connectivity index (χ4v) is 2.68. The summed E-state index contributed by atoms with van der Waals surface area (Å²) in [6.45, 7) is 3.61. The van der Waals surface area contributed by atoms with Crippen molar-refractivity contribution in [1.82, 2.24) is 15.0 Å². The number of benzene rings is 1. The lowest BCUT2D eigenvalue weighted by molar-refractivity contribution is 0.296. The van der Waals surface area contributed by atoms with Crippen LogP contribution in [0.1, 0.15) is 38.3 Å². The van der Waals surface area contributed by atoms with Gasteiger partial charge in [-0.1, -0.05) is 31.4 Å². The predicted molar refractivity (Wildman–Crippen MR) is 80.5 cm³/mol. The van der Waals surface area contributed by atoms with E-state index in [1.165, 1.54) is 19.3 Å². The Hall–Kier alpha value is -2.04. The van der Waals surface area contributed by atoms with E-state index in [1.54, 1.807) is 7.11 Å². The molecular weight excluding hydrogens is 266 g/mol. The van der Waals surface area contributed by atoms with Crippen molar-refractivity contribution in [2.75, 3.05) is 7.11 Å². The van der Waals surface area contributed by atoms with Crippen molar-refractivity contribution in [3.8, 4) is 22.8 Å². The summed E-state index contributed by atoms with van der Waals surface area (Å²) in [6.07, 6.45) is 4.87. The Kier molecular flexibility index (Phi) is 4.08. The van der Waals surface area contributed by atoms with Crippen LogP contribution in [0.15, 0.2) is 18.2 Å². The molecule has 0 N–H and O–H groups in total. The van der Waals surface area contributed by atoms with E-state index in [-0.39, 0.29) is 0 Å². The highest BCUT2D eigenvalue weighted by molar-refractivity contribution is 5.72. The normalized spacial score (nSPS) is 12.5. The molecule has 1 aromatic heterocycles. The monoisotopic (exact) mass is 287 g/mol. The molecule has 1 aromatic carbocycles. The number of aryl methyl sites for hydroxylation is 1. The molecular formula is C16H21N3O2. The van der Waals surface area contributed by atoms with Crippen LogP contribution < -0.4 is 9.47 Å². The maximum atomic E-state index is 5.73. The summed E-state index contributed by atoms with van der Waals surface area (Å²) in [5.41, 5.74) is 3.01. The molecule has 21 heavy (non-hydrogen) atoms. The number of methoxy groups -OCH3 is 1. The third-order valence-corrected chi connectivity index (χ3v) is 3.83. The third kappa shape index (κ3) is 2.73. The van der Waals surface area contributed by atoms with Gasteiger partial charge in [0.15, 0.2) is 0 Å². The molecule has 2 aromatic rings. The molecule has 1 aliphatic heterocycles. The molecule has 0 fully saturated rings. The first-order chi connectivity index (χ1) is 10.3. The lowest BCUT2D eigenvalue weighted by atomic mass is 10.1. The summed E-state index contributed by atoms with van der Waals surface area (Å²) < 4.78 is 13.1. The van der Waals surface area contributed by atoms with Gasteiger partial charge in [-0.05, 0) is 24.6 Å². The Labute approximate surface area is 124 Å². The summed E-state index contributed by atoms with van der Waals surface area (Å²) in [4.78, 5) is 0. The number of aromatic nitrogens is 3. The van der Waals surface area contributed by atoms with Crippen LogP contribution in [0.4, 0.5) is 0 Å². The van der Waals surface area contributed by atoms with Gasteiger partial charge in [0.05, 0.1) is 12.8 Å². The van der Waals surface area contributed by atoms with Crippen LogP contribution in [0, 0.1) is 0 Å². The minimum atomic E-state index is 0.490. The Bertz CT molecular complexity index is 622. The Balaban J connectivity index is 1.88. The molecule has 0 bridgehead atoms. The first-order valence-corrected chi connectivity index (χ1v) is 7.57. The van der Waals surface area contributed by atoms with Crippen molar-refractivity contribution >= 4 is 0 Å². The lowest BCUT2D eigenvalue weighted by Crippen LogP contribution is -2.09. The summed E-state index contributed by atoms with van der Waals surface area (Å²) in [7, 11) is 1.67. The summed E-state index contributed by atoms with van der Waals surface area (Å²) in [5, 5.41) is 8.55. The second-order valence-electron chi connectivity index (χ2n) is 5.32. The topological polar surface area (TPSA) is 49.2 Å². The highest BCUT2D eigenvalue weighted by Crippen LogP contribution is 2.38. The molecule has 0 radical (unpaired) electrons. The fraction of sp³-hybridized carbons (Fsp3) is 0.500. The predicted octanol–water partition coefficient (Wildman–Crippen LogP) is 3.43. The van der Waals surface area contributed by atoms with Gasteiger partial charge in [0.1, 0.15) is 23.8 Å². The van der Waals surface area contributed by atoms with E-state index in [0.717, 1.165) is 41.4 Å². The van der Waals surface area contributed by atoms with Gasteiger partial charge < -0.3 is 9.47 Å². The number of ether oxygens (including phenoxy) is 2. The van der Waals surface area contributed by atoms with Crippen LogP contribution in [0.2, 0.25) is 0 Å². The molecule has 5 heteroatoms. The number of unbranched alkanes of at least 4 members (excludes halogenated alkanes) is 3. The average Bonchev–Trinajstić information content (AvgIpc) is 2.94. The van der Waals surface area contributed by atoms with Crippen LogP contribution in [0.5, 0.6) is 11.5 Å². The standard InChI is InChI=1S/C16H21N3O2/c1-3-4-5-6-9-19-16-13-10-12(20-2)7-8-15(13)21-11-14(16)17-18-19/h7-8,10H,3-6,9,11H2,1-2H3. The van der Waals surface area contributed by atoms with Crippen molar-refractivity contribution in [2.24, 2.45) is 0 Å². The molecule has 5 nitrogen and oxygen atoms in total. The number of rotatable bonds is 6. The van der Waals surface area contributed by atoms with E-state index in [1.807, 2.05) is 22.9 Å². The van der Waals surface area contributed by atoms with Crippen LogP contribution in [-0.4, -0.2) is 22.1 Å². The number of fused-ring (bicyclic) bond motifs is 3. The highest BCUT2D eigenvalue weighted by Gasteiger charge is 2.24. The van der Waals surface area contributed by atoms with Crippen molar-refractivity contribution in [1.29, 1.82) is 0 Å². The van der Waals surface area contributed by atoms with E-state index in [4.69, 9.17) is 9.47 Å². The highest BCUT2D eigenvalue weighted by atomic mass is 16.5. The zero-order valence-electron chi connectivity index (χ0n) is 12.6. The second kappa shape index (κ2) is 6.16. The van der Waals surface area contributed by atoms with Gasteiger partial charge in [-0.3, -0.25) is 0 Å². The van der Waals surface area contributed by atoms with Crippen LogP contribution in [0.25, 0.3) is 11.3 Å². The quantitative estimate of drug-likeness (QED) is 0.764. The smallest absolute Gasteiger partial charge is 0.134 e. The van der Waals surface area contributed by atoms with Gasteiger partial charge in [-0.2, -0.15) is 0 Å². The average molecular weight is 287 g/mol. The van der Waals surface area contributed by atoms with Gasteiger partial charge in [0, 0.05) is 12.1 Å². The molecule has 3 rings (SSSR count). The molecule has 0 spiro atoms. The van der Waals surface area contributed by atoms with Crippen molar-refractivity contribution in [3.05, 3.63) is 23.9 Å². The number of hydrogen-bond acceptors (Lipinski definition) is 4. The first-order valence-electron chi connectivity index (χ1n) is 7.57. The molecule has 0 aliphatic carbocycles. The maximum absolute atomic E-state index is 5.73. The second-order valence-corrected chi connectivity index (χ2v) is 5.32. The van der Waals surface area contributed by atoms with Crippen molar-refractivity contribution in [2.45, 2.75) is 45.8 Å². The molecule has 0 unspecified atom stereocenters. The zero-order chi connectivity index (χ0) is 14.7. The van der Waals surface area contributed by atoms with Crippen molar-refractivity contribution < 1.29 is 9.47 Å². The molecule has 0 saturated carbocycles. The first kappa shape index (κ1) is 13.9. The molecule has 112 valence electrons. The summed E-state index contributed by atoms with van der Waals surface area (Å²) >= 11 is 0. The molecule has 0 atom stereocenters. The van der Waals surface area contributed by atoms with Crippen LogP contribution >= 0.6 is 0 Å². The number of hydrogen-bond donors (Lipinski definition) is 0. The lowest BCUT2D eigenvalue weighted by Gasteiger charge is -2.18. The van der Waals surface area contributed by atoms with E-state index < -0.39 is 0 Å². The number of nitrogens with zero attached hydrogens (tertiary/aromatic N) is 3. The molecule has 1 aliphatic rings. The van der Waals surface area contributed by atoms with E-state index in [2.05, 4.69) is 17.2 Å². The molecule has 2 heterocycles. The van der Waals surface area contributed by atoms with E-state index >= 15 is 0 Å². The zero-order valence-corrected chi connectivity index (χ0v) is 12.6. The Morgan fingerprint density at radius 3 is 3.00 bits per heavy atom. The third-order valence-electron chi connectivity index (χ3n) is 3.83. The van der Waals surface area contributed by atoms with Gasteiger partial charge in [-0.25, -0.2) is 4.68 Å². The van der Waals surface area contributed by atoms with Crippen molar-refractivity contribution in [3.63, 3.8) is 0 Å². The van der Waals surface area contributed by atoms with Crippen LogP contribution in [-0.2, 0) is 13.2 Å². The Morgan fingerprint density at radius 2 is 2.19 bits per heavy atom. The van der Waals surface area contributed by atoms with Crippen LogP contribution in [0.3, 0.4) is 0 Å².